The lowest BCUT2D eigenvalue weighted by Crippen LogP contribution is -2.50. The Morgan fingerprint density at radius 1 is 1.06 bits per heavy atom. The molecule has 0 bridgehead atoms. The average Bonchev–Trinajstić information content (AvgIpc) is 3.29. The molecule has 1 aromatic heterocycles. The average molecular weight is 453 g/mol. The molecule has 0 saturated carbocycles. The minimum atomic E-state index is -0.913. The van der Waals surface area contributed by atoms with Crippen LogP contribution in [-0.2, 0) is 19.2 Å². The maximum atomic E-state index is 12.7. The van der Waals surface area contributed by atoms with Crippen molar-refractivity contribution < 1.29 is 24.0 Å². The van der Waals surface area contributed by atoms with E-state index < -0.39 is 35.5 Å². The van der Waals surface area contributed by atoms with Crippen LogP contribution in [0.4, 0.5) is 0 Å². The number of fused-ring (bicyclic) bond motifs is 1. The standard InChI is InChI=1S/C23H27N5O5/c1-14(2)27-19(29)12-25-23(33)21(31)18-8-5-11-28(18)20(30)13-26-22(32)16-9-10-24-17-7-4-3-6-15(16)17/h3-4,6-7,9-10,14,18H,5,8,11-13H2,1-2H3,(H,25,33)(H,26,32)(H,27,29). The smallest absolute Gasteiger partial charge is 0.290 e. The van der Waals surface area contributed by atoms with Crippen molar-refractivity contribution in [1.29, 1.82) is 0 Å². The largest absolute Gasteiger partial charge is 0.352 e. The molecule has 4 amide bonds. The van der Waals surface area contributed by atoms with Gasteiger partial charge in [-0.2, -0.15) is 0 Å². The molecule has 0 spiro atoms. The molecule has 1 saturated heterocycles. The number of amides is 4. The zero-order chi connectivity index (χ0) is 24.0. The monoisotopic (exact) mass is 453 g/mol. The minimum Gasteiger partial charge on any atom is -0.352 e. The molecule has 1 aliphatic heterocycles. The fourth-order valence-electron chi connectivity index (χ4n) is 3.76. The first-order chi connectivity index (χ1) is 15.8. The van der Waals surface area contributed by atoms with E-state index in [0.29, 0.717) is 35.9 Å². The van der Waals surface area contributed by atoms with Crippen molar-refractivity contribution in [2.45, 2.75) is 38.8 Å². The molecule has 1 aliphatic rings. The van der Waals surface area contributed by atoms with Gasteiger partial charge in [-0.05, 0) is 38.8 Å². The lowest BCUT2D eigenvalue weighted by molar-refractivity contribution is -0.144. The van der Waals surface area contributed by atoms with Crippen molar-refractivity contribution in [2.24, 2.45) is 0 Å². The Kier molecular flexibility index (Phi) is 7.70. The van der Waals surface area contributed by atoms with Gasteiger partial charge in [0.1, 0.15) is 6.04 Å². The second-order valence-corrected chi connectivity index (χ2v) is 8.07. The normalized spacial score (nSPS) is 15.4. The van der Waals surface area contributed by atoms with Crippen molar-refractivity contribution in [2.75, 3.05) is 19.6 Å². The number of para-hydroxylation sites is 1. The van der Waals surface area contributed by atoms with E-state index in [2.05, 4.69) is 20.9 Å². The van der Waals surface area contributed by atoms with Crippen LogP contribution in [0.3, 0.4) is 0 Å². The van der Waals surface area contributed by atoms with Crippen LogP contribution in [-0.4, -0.2) is 71.0 Å². The van der Waals surface area contributed by atoms with Gasteiger partial charge in [-0.25, -0.2) is 0 Å². The summed E-state index contributed by atoms with van der Waals surface area (Å²) in [4.78, 5) is 67.3. The Morgan fingerprint density at radius 3 is 2.58 bits per heavy atom. The number of pyridine rings is 1. The number of aromatic nitrogens is 1. The molecule has 10 heteroatoms. The zero-order valence-corrected chi connectivity index (χ0v) is 18.6. The Bertz CT molecular complexity index is 1080. The van der Waals surface area contributed by atoms with Crippen molar-refractivity contribution >= 4 is 40.3 Å². The number of nitrogens with zero attached hydrogens (tertiary/aromatic N) is 2. The first kappa shape index (κ1) is 23.8. The van der Waals surface area contributed by atoms with Crippen LogP contribution >= 0.6 is 0 Å². The summed E-state index contributed by atoms with van der Waals surface area (Å²) in [6.45, 7) is 3.24. The van der Waals surface area contributed by atoms with Gasteiger partial charge in [-0.3, -0.25) is 29.0 Å². The molecular weight excluding hydrogens is 426 g/mol. The van der Waals surface area contributed by atoms with Crippen molar-refractivity contribution in [3.8, 4) is 0 Å². The Balaban J connectivity index is 1.57. The maximum Gasteiger partial charge on any atom is 0.290 e. The van der Waals surface area contributed by atoms with Crippen LogP contribution in [0.5, 0.6) is 0 Å². The third kappa shape index (κ3) is 5.91. The zero-order valence-electron chi connectivity index (χ0n) is 18.6. The Morgan fingerprint density at radius 2 is 1.82 bits per heavy atom. The molecule has 1 aromatic carbocycles. The highest BCUT2D eigenvalue weighted by Gasteiger charge is 2.37. The van der Waals surface area contributed by atoms with E-state index in [-0.39, 0.29) is 19.1 Å². The van der Waals surface area contributed by atoms with Crippen LogP contribution in [0.15, 0.2) is 36.5 Å². The van der Waals surface area contributed by atoms with Crippen LogP contribution in [0, 0.1) is 0 Å². The summed E-state index contributed by atoms with van der Waals surface area (Å²) in [6, 6.07) is 7.74. The Labute approximate surface area is 191 Å². The highest BCUT2D eigenvalue weighted by atomic mass is 16.2. The number of ketones is 1. The Hall–Kier alpha value is -3.82. The molecule has 1 unspecified atom stereocenters. The molecule has 0 aliphatic carbocycles. The lowest BCUT2D eigenvalue weighted by atomic mass is 10.1. The number of benzene rings is 1. The van der Waals surface area contributed by atoms with Gasteiger partial charge in [0, 0.05) is 24.2 Å². The van der Waals surface area contributed by atoms with Crippen LogP contribution in [0.25, 0.3) is 10.9 Å². The molecule has 10 nitrogen and oxygen atoms in total. The summed E-state index contributed by atoms with van der Waals surface area (Å²) in [7, 11) is 0. The van der Waals surface area contributed by atoms with Crippen LogP contribution in [0.1, 0.15) is 37.0 Å². The summed E-state index contributed by atoms with van der Waals surface area (Å²) in [6.07, 6.45) is 2.43. The molecule has 1 fully saturated rings. The molecular formula is C23H27N5O5. The first-order valence-corrected chi connectivity index (χ1v) is 10.8. The van der Waals surface area contributed by atoms with Gasteiger partial charge in [-0.15, -0.1) is 0 Å². The van der Waals surface area contributed by atoms with Crippen LogP contribution < -0.4 is 16.0 Å². The van der Waals surface area contributed by atoms with E-state index >= 15 is 0 Å². The van der Waals surface area contributed by atoms with E-state index in [1.54, 1.807) is 38.1 Å². The second kappa shape index (κ2) is 10.7. The molecule has 2 aromatic rings. The van der Waals surface area contributed by atoms with Gasteiger partial charge in [0.05, 0.1) is 24.2 Å². The predicted molar refractivity (Wildman–Crippen MR) is 120 cm³/mol. The summed E-state index contributed by atoms with van der Waals surface area (Å²) in [5, 5.41) is 8.17. The summed E-state index contributed by atoms with van der Waals surface area (Å²) < 4.78 is 0. The summed E-state index contributed by atoms with van der Waals surface area (Å²) >= 11 is 0. The molecule has 2 heterocycles. The van der Waals surface area contributed by atoms with E-state index in [1.165, 1.54) is 11.1 Å². The summed E-state index contributed by atoms with van der Waals surface area (Å²) in [5.74, 6) is -2.98. The van der Waals surface area contributed by atoms with Gasteiger partial charge in [0.15, 0.2) is 0 Å². The highest BCUT2D eigenvalue weighted by Crippen LogP contribution is 2.19. The topological polar surface area (TPSA) is 138 Å². The fourth-order valence-corrected chi connectivity index (χ4v) is 3.76. The molecule has 33 heavy (non-hydrogen) atoms. The SMILES string of the molecule is CC(C)NC(=O)CNC(=O)C(=O)C1CCCN1C(=O)CNC(=O)c1ccnc2ccccc12. The van der Waals surface area contributed by atoms with Gasteiger partial charge in [-0.1, -0.05) is 18.2 Å². The molecule has 3 rings (SSSR count). The van der Waals surface area contributed by atoms with Gasteiger partial charge in [0.25, 0.3) is 11.8 Å². The van der Waals surface area contributed by atoms with Gasteiger partial charge >= 0.3 is 0 Å². The van der Waals surface area contributed by atoms with Crippen LogP contribution in [0.2, 0.25) is 0 Å². The highest BCUT2D eigenvalue weighted by molar-refractivity contribution is 6.38. The third-order valence-electron chi connectivity index (χ3n) is 5.25. The number of nitrogens with one attached hydrogen (secondary N) is 3. The van der Waals surface area contributed by atoms with Crippen molar-refractivity contribution in [3.63, 3.8) is 0 Å². The van der Waals surface area contributed by atoms with Crippen molar-refractivity contribution in [1.82, 2.24) is 25.8 Å². The number of likely N-dealkylation sites (tertiary alicyclic amines) is 1. The number of hydrogen-bond acceptors (Lipinski definition) is 6. The van der Waals surface area contributed by atoms with E-state index in [0.717, 1.165) is 0 Å². The fraction of sp³-hybridized carbons (Fsp3) is 0.391. The molecule has 1 atom stereocenters. The number of carbonyl (C=O) groups excluding carboxylic acids is 5. The molecule has 0 radical (unpaired) electrons. The first-order valence-electron chi connectivity index (χ1n) is 10.8. The predicted octanol–water partition coefficient (Wildman–Crippen LogP) is 0.166. The maximum absolute atomic E-state index is 12.7. The van der Waals surface area contributed by atoms with E-state index in [9.17, 15) is 24.0 Å². The van der Waals surface area contributed by atoms with Gasteiger partial charge < -0.3 is 20.9 Å². The second-order valence-electron chi connectivity index (χ2n) is 8.07. The number of carbonyl (C=O) groups is 5. The number of hydrogen-bond donors (Lipinski definition) is 3. The molecule has 174 valence electrons. The number of Topliss-reactive ketones (excluding diaryl/α,β-unsaturated/α-hetero) is 1. The van der Waals surface area contributed by atoms with Crippen molar-refractivity contribution in [3.05, 3.63) is 42.1 Å². The number of rotatable bonds is 8. The van der Waals surface area contributed by atoms with E-state index in [1.807, 2.05) is 6.07 Å². The minimum absolute atomic E-state index is 0.0894. The van der Waals surface area contributed by atoms with Gasteiger partial charge in [0.2, 0.25) is 17.6 Å². The summed E-state index contributed by atoms with van der Waals surface area (Å²) in [5.41, 5.74) is 1.05. The van der Waals surface area contributed by atoms with E-state index in [4.69, 9.17) is 0 Å². The quantitative estimate of drug-likeness (QED) is 0.487. The lowest BCUT2D eigenvalue weighted by Gasteiger charge is -2.23. The molecule has 3 N–H and O–H groups in total. The third-order valence-corrected chi connectivity index (χ3v) is 5.25.